The van der Waals surface area contributed by atoms with Gasteiger partial charge in [0.1, 0.15) is 6.54 Å². The van der Waals surface area contributed by atoms with Crippen LogP contribution in [-0.4, -0.2) is 61.8 Å². The van der Waals surface area contributed by atoms with E-state index in [1.807, 2.05) is 0 Å². The molecule has 0 spiro atoms. The molecular formula is C11H17F3N2O5. The molecule has 0 saturated heterocycles. The van der Waals surface area contributed by atoms with E-state index in [0.29, 0.717) is 0 Å². The Kier molecular flexibility index (Phi) is 7.71. The van der Waals surface area contributed by atoms with Gasteiger partial charge in [-0.1, -0.05) is 0 Å². The highest BCUT2D eigenvalue weighted by Crippen LogP contribution is 2.17. The van der Waals surface area contributed by atoms with Crippen molar-refractivity contribution in [2.24, 2.45) is 5.73 Å². The Balaban J connectivity index is 4.88. The maximum atomic E-state index is 12.4. The summed E-state index contributed by atoms with van der Waals surface area (Å²) >= 11 is 0. The van der Waals surface area contributed by atoms with Crippen LogP contribution in [0.25, 0.3) is 0 Å². The number of alkyl halides is 3. The van der Waals surface area contributed by atoms with Gasteiger partial charge in [-0.25, -0.2) is 4.79 Å². The van der Waals surface area contributed by atoms with Crippen molar-refractivity contribution in [3.05, 3.63) is 0 Å². The zero-order chi connectivity index (χ0) is 16.6. The molecule has 0 aliphatic rings. The van der Waals surface area contributed by atoms with Crippen molar-refractivity contribution in [2.75, 3.05) is 26.8 Å². The van der Waals surface area contributed by atoms with E-state index in [4.69, 9.17) is 5.73 Å². The summed E-state index contributed by atoms with van der Waals surface area (Å²) < 4.78 is 46.0. The van der Waals surface area contributed by atoms with E-state index in [1.165, 1.54) is 6.92 Å². The first-order chi connectivity index (χ1) is 9.62. The van der Waals surface area contributed by atoms with Crippen molar-refractivity contribution in [1.82, 2.24) is 4.90 Å². The predicted octanol–water partition coefficient (Wildman–Crippen LogP) is -0.169. The molecule has 0 bridgehead atoms. The average Bonchev–Trinajstić information content (AvgIpc) is 2.40. The molecule has 122 valence electrons. The minimum absolute atomic E-state index is 0.0682. The summed E-state index contributed by atoms with van der Waals surface area (Å²) in [5.74, 6) is -3.19. The maximum absolute atomic E-state index is 12.4. The van der Waals surface area contributed by atoms with Crippen molar-refractivity contribution in [3.63, 3.8) is 0 Å². The fraction of sp³-hybridized carbons (Fsp3) is 0.727. The van der Waals surface area contributed by atoms with Gasteiger partial charge in [0.05, 0.1) is 20.1 Å². The monoisotopic (exact) mass is 314 g/mol. The summed E-state index contributed by atoms with van der Waals surface area (Å²) in [4.78, 5) is 34.3. The fourth-order valence-electron chi connectivity index (χ4n) is 1.34. The number of hydrogen-bond acceptors (Lipinski definition) is 6. The first-order valence-electron chi connectivity index (χ1n) is 5.97. The summed E-state index contributed by atoms with van der Waals surface area (Å²) in [5.41, 5.74) is 5.26. The molecule has 1 amide bonds. The van der Waals surface area contributed by atoms with Crippen LogP contribution in [0.2, 0.25) is 0 Å². The Morgan fingerprint density at radius 2 is 1.86 bits per heavy atom. The molecule has 0 aromatic carbocycles. The lowest BCUT2D eigenvalue weighted by molar-refractivity contribution is -0.167. The van der Waals surface area contributed by atoms with Crippen LogP contribution in [0, 0.1) is 0 Å². The number of halogens is 3. The Hall–Kier alpha value is -1.84. The van der Waals surface area contributed by atoms with Crippen LogP contribution < -0.4 is 5.73 Å². The molecule has 7 nitrogen and oxygen atoms in total. The lowest BCUT2D eigenvalue weighted by atomic mass is 10.2. The molecule has 0 saturated carbocycles. The number of hydrogen-bond donors (Lipinski definition) is 1. The summed E-state index contributed by atoms with van der Waals surface area (Å²) in [6.45, 7) is -0.810. The molecule has 0 rings (SSSR count). The van der Waals surface area contributed by atoms with Gasteiger partial charge in [0.2, 0.25) is 0 Å². The first kappa shape index (κ1) is 19.2. The van der Waals surface area contributed by atoms with Crippen molar-refractivity contribution < 1.29 is 37.0 Å². The van der Waals surface area contributed by atoms with Crippen LogP contribution in [0.5, 0.6) is 0 Å². The summed E-state index contributed by atoms with van der Waals surface area (Å²) in [7, 11) is 1.06. The maximum Gasteiger partial charge on any atom is 0.406 e. The highest BCUT2D eigenvalue weighted by Gasteiger charge is 2.37. The van der Waals surface area contributed by atoms with Gasteiger partial charge in [0.25, 0.3) is 5.91 Å². The number of rotatable bonds is 7. The van der Waals surface area contributed by atoms with Gasteiger partial charge in [-0.15, -0.1) is 0 Å². The first-order valence-corrected chi connectivity index (χ1v) is 5.97. The number of amides is 1. The molecule has 0 radical (unpaired) electrons. The topological polar surface area (TPSA) is 98.9 Å². The van der Waals surface area contributed by atoms with Gasteiger partial charge >= 0.3 is 18.1 Å². The molecule has 0 aromatic heterocycles. The summed E-state index contributed by atoms with van der Waals surface area (Å²) in [5, 5.41) is 0. The number of esters is 2. The third-order valence-electron chi connectivity index (χ3n) is 2.30. The second-order valence-corrected chi connectivity index (χ2v) is 3.93. The van der Waals surface area contributed by atoms with Crippen molar-refractivity contribution in [3.8, 4) is 0 Å². The van der Waals surface area contributed by atoms with E-state index in [-0.39, 0.29) is 11.5 Å². The lowest BCUT2D eigenvalue weighted by Gasteiger charge is -2.25. The zero-order valence-electron chi connectivity index (χ0n) is 11.6. The highest BCUT2D eigenvalue weighted by atomic mass is 19.4. The number of carbonyl (C=O) groups excluding carboxylic acids is 3. The van der Waals surface area contributed by atoms with Crippen LogP contribution in [0.3, 0.4) is 0 Å². The minimum Gasteiger partial charge on any atom is -0.469 e. The number of nitrogens with zero attached hydrogens (tertiary/aromatic N) is 1. The summed E-state index contributed by atoms with van der Waals surface area (Å²) in [6, 6.07) is -1.87. The van der Waals surface area contributed by atoms with Gasteiger partial charge in [-0.2, -0.15) is 13.2 Å². The average molecular weight is 314 g/mol. The van der Waals surface area contributed by atoms with Gasteiger partial charge in [-0.05, 0) is 6.92 Å². The van der Waals surface area contributed by atoms with E-state index < -0.39 is 49.6 Å². The molecule has 21 heavy (non-hydrogen) atoms. The van der Waals surface area contributed by atoms with Crippen molar-refractivity contribution in [1.29, 1.82) is 0 Å². The number of methoxy groups -OCH3 is 1. The van der Waals surface area contributed by atoms with Gasteiger partial charge in [0, 0.05) is 6.54 Å². The zero-order valence-corrected chi connectivity index (χ0v) is 11.6. The van der Waals surface area contributed by atoms with Crippen LogP contribution in [-0.2, 0) is 23.9 Å². The molecule has 10 heteroatoms. The van der Waals surface area contributed by atoms with Crippen molar-refractivity contribution >= 4 is 17.8 Å². The number of nitrogens with two attached hydrogens (primary N) is 1. The normalized spacial score (nSPS) is 12.5. The second kappa shape index (κ2) is 8.45. The Morgan fingerprint density at radius 1 is 1.29 bits per heavy atom. The Morgan fingerprint density at radius 3 is 2.29 bits per heavy atom. The van der Waals surface area contributed by atoms with Crippen LogP contribution >= 0.6 is 0 Å². The quantitative estimate of drug-likeness (QED) is 0.517. The molecule has 0 fully saturated rings. The van der Waals surface area contributed by atoms with Crippen molar-refractivity contribution in [2.45, 2.75) is 25.6 Å². The van der Waals surface area contributed by atoms with E-state index >= 15 is 0 Å². The molecule has 1 unspecified atom stereocenters. The van der Waals surface area contributed by atoms with E-state index in [0.717, 1.165) is 7.11 Å². The molecule has 0 aliphatic carbocycles. The third kappa shape index (κ3) is 7.49. The molecule has 1 atom stereocenters. The molecule has 0 aromatic rings. The Bertz CT molecular complexity index is 387. The van der Waals surface area contributed by atoms with Gasteiger partial charge < -0.3 is 20.1 Å². The Labute approximate surface area is 119 Å². The highest BCUT2D eigenvalue weighted by molar-refractivity contribution is 6.01. The number of ether oxygens (including phenoxy) is 2. The van der Waals surface area contributed by atoms with E-state index in [9.17, 15) is 27.6 Å². The van der Waals surface area contributed by atoms with Gasteiger partial charge in [0.15, 0.2) is 6.04 Å². The van der Waals surface area contributed by atoms with Crippen LogP contribution in [0.1, 0.15) is 13.3 Å². The largest absolute Gasteiger partial charge is 0.469 e. The molecule has 0 heterocycles. The molecular weight excluding hydrogens is 297 g/mol. The summed E-state index contributed by atoms with van der Waals surface area (Å²) in [6.07, 6.45) is -5.14. The standard InChI is InChI=1S/C11H17F3N2O5/c1-3-21-10(19)8(15)9(18)16(6-11(12,13)14)5-4-7(17)20-2/h8H,3-6,15H2,1-2H3. The lowest BCUT2D eigenvalue weighted by Crippen LogP contribution is -2.51. The SMILES string of the molecule is CCOC(=O)C(N)C(=O)N(CCC(=O)OC)CC(F)(F)F. The third-order valence-corrected chi connectivity index (χ3v) is 2.30. The van der Waals surface area contributed by atoms with Crippen LogP contribution in [0.4, 0.5) is 13.2 Å². The predicted molar refractivity (Wildman–Crippen MR) is 63.9 cm³/mol. The van der Waals surface area contributed by atoms with Crippen LogP contribution in [0.15, 0.2) is 0 Å². The van der Waals surface area contributed by atoms with Gasteiger partial charge in [-0.3, -0.25) is 9.59 Å². The van der Waals surface area contributed by atoms with E-state index in [2.05, 4.69) is 9.47 Å². The molecule has 0 aliphatic heterocycles. The van der Waals surface area contributed by atoms with E-state index in [1.54, 1.807) is 0 Å². The molecule has 2 N–H and O–H groups in total. The number of carbonyl (C=O) groups is 3. The fourth-order valence-corrected chi connectivity index (χ4v) is 1.34. The minimum atomic E-state index is -4.69. The second-order valence-electron chi connectivity index (χ2n) is 3.93. The smallest absolute Gasteiger partial charge is 0.406 e.